The van der Waals surface area contributed by atoms with Crippen LogP contribution in [0.1, 0.15) is 18.1 Å². The van der Waals surface area contributed by atoms with Gasteiger partial charge in [0.15, 0.2) is 0 Å². The fourth-order valence-corrected chi connectivity index (χ4v) is 1.17. The topological polar surface area (TPSA) is 46.5 Å². The normalized spacial score (nSPS) is 9.12. The molecule has 0 atom stereocenters. The molecule has 16 heavy (non-hydrogen) atoms. The van der Waals surface area contributed by atoms with Crippen LogP contribution in [0.4, 0.5) is 0 Å². The Morgan fingerprint density at radius 1 is 1.38 bits per heavy atom. The lowest BCUT2D eigenvalue weighted by atomic mass is 10.1. The van der Waals surface area contributed by atoms with Gasteiger partial charge in [-0.15, -0.1) is 0 Å². The fraction of sp³-hybridized carbons (Fsp3) is 0.308. The van der Waals surface area contributed by atoms with Crippen LogP contribution in [0.25, 0.3) is 0 Å². The Bertz CT molecular complexity index is 395. The lowest BCUT2D eigenvalue weighted by Gasteiger charge is -1.97. The monoisotopic (exact) mass is 218 g/mol. The first-order valence-corrected chi connectivity index (χ1v) is 5.15. The zero-order chi connectivity index (χ0) is 11.8. The minimum atomic E-state index is -0.512. The summed E-state index contributed by atoms with van der Waals surface area (Å²) in [4.78, 5) is 11.0. The number of carbonyl (C=O) groups is 1. The lowest BCUT2D eigenvalue weighted by Crippen LogP contribution is -1.99. The second kappa shape index (κ2) is 6.65. The van der Waals surface area contributed by atoms with E-state index in [-0.39, 0.29) is 6.61 Å². The molecule has 3 nitrogen and oxygen atoms in total. The Labute approximate surface area is 95.1 Å². The molecule has 0 unspecified atom stereocenters. The van der Waals surface area contributed by atoms with Gasteiger partial charge in [-0.25, -0.2) is 4.79 Å². The number of aliphatic hydroxyl groups excluding tert-OH is 1. The standard InChI is InChI=1S/C13H14O3/c1-2-16-13(15)8-7-11-3-5-12(6-4-11)9-10-14/h3-6,14H,2,9-10H2,1H3. The summed E-state index contributed by atoms with van der Waals surface area (Å²) in [5.41, 5.74) is 1.80. The quantitative estimate of drug-likeness (QED) is 0.611. The number of ether oxygens (including phenoxy) is 1. The summed E-state index contributed by atoms with van der Waals surface area (Å²) in [7, 11) is 0. The van der Waals surface area contributed by atoms with Crippen LogP contribution >= 0.6 is 0 Å². The molecule has 84 valence electrons. The maximum Gasteiger partial charge on any atom is 0.384 e. The first-order chi connectivity index (χ1) is 7.76. The average molecular weight is 218 g/mol. The van der Waals surface area contributed by atoms with Crippen molar-refractivity contribution in [3.8, 4) is 11.8 Å². The Morgan fingerprint density at radius 3 is 2.62 bits per heavy atom. The molecule has 0 heterocycles. The third-order valence-corrected chi connectivity index (χ3v) is 1.94. The maximum atomic E-state index is 11.0. The molecule has 0 bridgehead atoms. The Hall–Kier alpha value is -1.79. The smallest absolute Gasteiger partial charge is 0.384 e. The zero-order valence-electron chi connectivity index (χ0n) is 9.19. The second-order valence-electron chi connectivity index (χ2n) is 3.14. The first kappa shape index (κ1) is 12.3. The molecule has 0 aliphatic rings. The number of carbonyl (C=O) groups excluding carboxylic acids is 1. The van der Waals surface area contributed by atoms with Crippen molar-refractivity contribution >= 4 is 5.97 Å². The largest absolute Gasteiger partial charge is 0.456 e. The zero-order valence-corrected chi connectivity index (χ0v) is 9.19. The summed E-state index contributed by atoms with van der Waals surface area (Å²) in [5, 5.41) is 8.74. The van der Waals surface area contributed by atoms with E-state index in [0.29, 0.717) is 13.0 Å². The molecular formula is C13H14O3. The highest BCUT2D eigenvalue weighted by Gasteiger charge is 1.94. The molecule has 1 aromatic rings. The van der Waals surface area contributed by atoms with Crippen LogP contribution in [-0.4, -0.2) is 24.3 Å². The highest BCUT2D eigenvalue weighted by molar-refractivity contribution is 5.89. The summed E-state index contributed by atoms with van der Waals surface area (Å²) in [5.74, 6) is 4.59. The summed E-state index contributed by atoms with van der Waals surface area (Å²) in [6.07, 6.45) is 0.631. The van der Waals surface area contributed by atoms with Gasteiger partial charge in [0.25, 0.3) is 0 Å². The van der Waals surface area contributed by atoms with Crippen molar-refractivity contribution in [2.24, 2.45) is 0 Å². The third kappa shape index (κ3) is 4.16. The van der Waals surface area contributed by atoms with E-state index in [4.69, 9.17) is 5.11 Å². The predicted molar refractivity (Wildman–Crippen MR) is 60.7 cm³/mol. The Kier molecular flexibility index (Phi) is 5.10. The maximum absolute atomic E-state index is 11.0. The van der Waals surface area contributed by atoms with Crippen LogP contribution in [-0.2, 0) is 16.0 Å². The van der Waals surface area contributed by atoms with Crippen LogP contribution in [0.3, 0.4) is 0 Å². The second-order valence-corrected chi connectivity index (χ2v) is 3.14. The van der Waals surface area contributed by atoms with Crippen molar-refractivity contribution < 1.29 is 14.6 Å². The molecule has 0 spiro atoms. The summed E-state index contributed by atoms with van der Waals surface area (Å²) < 4.78 is 4.68. The number of hydrogen-bond donors (Lipinski definition) is 1. The van der Waals surface area contributed by atoms with E-state index in [1.54, 1.807) is 6.92 Å². The Morgan fingerprint density at radius 2 is 2.06 bits per heavy atom. The van der Waals surface area contributed by atoms with Gasteiger partial charge >= 0.3 is 5.97 Å². The molecule has 0 aromatic heterocycles. The molecule has 0 saturated heterocycles. The van der Waals surface area contributed by atoms with E-state index >= 15 is 0 Å². The van der Waals surface area contributed by atoms with Crippen LogP contribution in [0.15, 0.2) is 24.3 Å². The van der Waals surface area contributed by atoms with Crippen LogP contribution in [0.2, 0.25) is 0 Å². The van der Waals surface area contributed by atoms with Crippen molar-refractivity contribution in [1.29, 1.82) is 0 Å². The first-order valence-electron chi connectivity index (χ1n) is 5.15. The fourth-order valence-electron chi connectivity index (χ4n) is 1.17. The lowest BCUT2D eigenvalue weighted by molar-refractivity contribution is -0.136. The molecule has 0 radical (unpaired) electrons. The summed E-state index contributed by atoms with van der Waals surface area (Å²) in [6.45, 7) is 2.21. The third-order valence-electron chi connectivity index (χ3n) is 1.94. The van der Waals surface area contributed by atoms with Gasteiger partial charge in [0.05, 0.1) is 6.61 Å². The minimum absolute atomic E-state index is 0.133. The minimum Gasteiger partial charge on any atom is -0.456 e. The van der Waals surface area contributed by atoms with Crippen molar-refractivity contribution in [2.45, 2.75) is 13.3 Å². The number of rotatable bonds is 3. The van der Waals surface area contributed by atoms with Crippen molar-refractivity contribution in [1.82, 2.24) is 0 Å². The van der Waals surface area contributed by atoms with E-state index in [9.17, 15) is 4.79 Å². The van der Waals surface area contributed by atoms with Gasteiger partial charge < -0.3 is 9.84 Å². The van der Waals surface area contributed by atoms with Crippen LogP contribution in [0.5, 0.6) is 0 Å². The van der Waals surface area contributed by atoms with E-state index in [0.717, 1.165) is 11.1 Å². The number of benzene rings is 1. The van der Waals surface area contributed by atoms with Gasteiger partial charge in [-0.1, -0.05) is 18.1 Å². The molecule has 0 aliphatic heterocycles. The average Bonchev–Trinajstić information content (AvgIpc) is 2.29. The van der Waals surface area contributed by atoms with Gasteiger partial charge in [-0.3, -0.25) is 0 Å². The SMILES string of the molecule is CCOC(=O)C#Cc1ccc(CCO)cc1. The molecule has 0 amide bonds. The molecule has 0 saturated carbocycles. The highest BCUT2D eigenvalue weighted by Crippen LogP contribution is 2.03. The van der Waals surface area contributed by atoms with Gasteiger partial charge in [0, 0.05) is 18.1 Å². The number of hydrogen-bond acceptors (Lipinski definition) is 3. The summed E-state index contributed by atoms with van der Waals surface area (Å²) >= 11 is 0. The molecule has 1 N–H and O–H groups in total. The molecule has 0 fully saturated rings. The highest BCUT2D eigenvalue weighted by atomic mass is 16.5. The van der Waals surface area contributed by atoms with Crippen molar-refractivity contribution in [3.63, 3.8) is 0 Å². The van der Waals surface area contributed by atoms with Crippen LogP contribution in [0, 0.1) is 11.8 Å². The molecule has 0 aliphatic carbocycles. The molecular weight excluding hydrogens is 204 g/mol. The number of esters is 1. The van der Waals surface area contributed by atoms with E-state index in [1.807, 2.05) is 24.3 Å². The molecule has 1 aromatic carbocycles. The molecule has 3 heteroatoms. The van der Waals surface area contributed by atoms with Crippen molar-refractivity contribution in [3.05, 3.63) is 35.4 Å². The predicted octanol–water partition coefficient (Wildman–Crippen LogP) is 1.14. The van der Waals surface area contributed by atoms with Gasteiger partial charge in [0.2, 0.25) is 0 Å². The summed E-state index contributed by atoms with van der Waals surface area (Å²) in [6, 6.07) is 7.39. The van der Waals surface area contributed by atoms with E-state index < -0.39 is 5.97 Å². The van der Waals surface area contributed by atoms with E-state index in [2.05, 4.69) is 16.6 Å². The molecule has 1 rings (SSSR count). The van der Waals surface area contributed by atoms with E-state index in [1.165, 1.54) is 0 Å². The van der Waals surface area contributed by atoms with Crippen LogP contribution < -0.4 is 0 Å². The number of aliphatic hydroxyl groups is 1. The Balaban J connectivity index is 2.64. The van der Waals surface area contributed by atoms with Gasteiger partial charge in [0.1, 0.15) is 0 Å². The van der Waals surface area contributed by atoms with Gasteiger partial charge in [-0.2, -0.15) is 0 Å². The van der Waals surface area contributed by atoms with Gasteiger partial charge in [-0.05, 0) is 31.0 Å². The van der Waals surface area contributed by atoms with Crippen molar-refractivity contribution in [2.75, 3.05) is 13.2 Å².